The third-order valence-corrected chi connectivity index (χ3v) is 3.41. The Kier molecular flexibility index (Phi) is 4.83. The summed E-state index contributed by atoms with van der Waals surface area (Å²) in [5.74, 6) is -2.70. The molecule has 0 fully saturated rings. The normalized spacial score (nSPS) is 10.7. The summed E-state index contributed by atoms with van der Waals surface area (Å²) in [5.41, 5.74) is 0.526. The predicted molar refractivity (Wildman–Crippen MR) is 81.8 cm³/mol. The summed E-state index contributed by atoms with van der Waals surface area (Å²) in [5, 5.41) is 0. The van der Waals surface area contributed by atoms with E-state index in [4.69, 9.17) is 9.15 Å². The maximum absolute atomic E-state index is 13.5. The monoisotopic (exact) mass is 347 g/mol. The minimum absolute atomic E-state index is 0.0931. The van der Waals surface area contributed by atoms with Crippen LogP contribution in [-0.2, 0) is 22.6 Å². The highest BCUT2D eigenvalue weighted by molar-refractivity contribution is 5.72. The van der Waals surface area contributed by atoms with Crippen LogP contribution in [0.25, 0.3) is 11.3 Å². The number of ether oxygens (including phenoxy) is 1. The molecule has 0 saturated heterocycles. The van der Waals surface area contributed by atoms with Crippen molar-refractivity contribution >= 4 is 5.97 Å². The summed E-state index contributed by atoms with van der Waals surface area (Å²) >= 11 is 0. The highest BCUT2D eigenvalue weighted by atomic mass is 19.2. The Labute approximate surface area is 140 Å². The summed E-state index contributed by atoms with van der Waals surface area (Å²) < 4.78 is 49.9. The summed E-state index contributed by atoms with van der Waals surface area (Å²) in [4.78, 5) is 15.7. The number of halogens is 3. The summed E-state index contributed by atoms with van der Waals surface area (Å²) in [6.45, 7) is -0.253. The van der Waals surface area contributed by atoms with Gasteiger partial charge in [0.15, 0.2) is 24.0 Å². The number of oxazole rings is 1. The van der Waals surface area contributed by atoms with Crippen molar-refractivity contribution in [1.82, 2.24) is 4.98 Å². The molecule has 25 heavy (non-hydrogen) atoms. The molecule has 2 aromatic carbocycles. The highest BCUT2D eigenvalue weighted by Gasteiger charge is 2.14. The topological polar surface area (TPSA) is 52.3 Å². The maximum atomic E-state index is 13.5. The molecule has 7 heteroatoms. The SMILES string of the molecule is O=C(Cc1cccc(F)c1F)OCc1ncc(-c2ccc(F)cc2)o1. The molecule has 0 saturated carbocycles. The molecule has 0 aliphatic rings. The number of carbonyl (C=O) groups is 1. The zero-order valence-corrected chi connectivity index (χ0v) is 12.8. The molecular weight excluding hydrogens is 335 g/mol. The number of esters is 1. The van der Waals surface area contributed by atoms with Crippen LogP contribution in [0.3, 0.4) is 0 Å². The molecule has 1 heterocycles. The molecule has 3 rings (SSSR count). The lowest BCUT2D eigenvalue weighted by atomic mass is 10.1. The van der Waals surface area contributed by atoms with Gasteiger partial charge in [0.25, 0.3) is 0 Å². The fourth-order valence-electron chi connectivity index (χ4n) is 2.16. The molecule has 0 unspecified atom stereocenters. The molecule has 0 amide bonds. The summed E-state index contributed by atoms with van der Waals surface area (Å²) in [7, 11) is 0. The minimum Gasteiger partial charge on any atom is -0.455 e. The van der Waals surface area contributed by atoms with Gasteiger partial charge in [0.2, 0.25) is 5.89 Å². The second-order valence-corrected chi connectivity index (χ2v) is 5.18. The number of hydrogen-bond acceptors (Lipinski definition) is 4. The predicted octanol–water partition coefficient (Wildman–Crippen LogP) is 4.04. The van der Waals surface area contributed by atoms with E-state index in [-0.39, 0.29) is 23.9 Å². The van der Waals surface area contributed by atoms with Gasteiger partial charge in [0.05, 0.1) is 12.6 Å². The van der Waals surface area contributed by atoms with E-state index in [1.807, 2.05) is 0 Å². The van der Waals surface area contributed by atoms with Gasteiger partial charge < -0.3 is 9.15 Å². The Hall–Kier alpha value is -3.09. The van der Waals surface area contributed by atoms with Gasteiger partial charge in [-0.3, -0.25) is 4.79 Å². The van der Waals surface area contributed by atoms with E-state index in [1.54, 1.807) is 0 Å². The Morgan fingerprint density at radius 3 is 2.60 bits per heavy atom. The largest absolute Gasteiger partial charge is 0.455 e. The van der Waals surface area contributed by atoms with Crippen LogP contribution in [0.1, 0.15) is 11.5 Å². The standard InChI is InChI=1S/C18H12F3NO3/c19-13-6-4-11(5-7-13)15-9-22-16(25-15)10-24-17(23)8-12-2-1-3-14(20)18(12)21/h1-7,9H,8,10H2. The number of hydrogen-bond donors (Lipinski definition) is 0. The van der Waals surface area contributed by atoms with Gasteiger partial charge in [0, 0.05) is 11.1 Å². The van der Waals surface area contributed by atoms with Crippen LogP contribution >= 0.6 is 0 Å². The van der Waals surface area contributed by atoms with E-state index in [2.05, 4.69) is 4.98 Å². The highest BCUT2D eigenvalue weighted by Crippen LogP contribution is 2.21. The van der Waals surface area contributed by atoms with Crippen LogP contribution in [-0.4, -0.2) is 11.0 Å². The Bertz CT molecular complexity index is 891. The van der Waals surface area contributed by atoms with Crippen LogP contribution in [0.4, 0.5) is 13.2 Å². The van der Waals surface area contributed by atoms with Crippen molar-refractivity contribution in [3.63, 3.8) is 0 Å². The van der Waals surface area contributed by atoms with Crippen molar-refractivity contribution in [2.24, 2.45) is 0 Å². The van der Waals surface area contributed by atoms with E-state index < -0.39 is 24.0 Å². The fourth-order valence-corrected chi connectivity index (χ4v) is 2.16. The number of rotatable bonds is 5. The van der Waals surface area contributed by atoms with Crippen LogP contribution in [0.2, 0.25) is 0 Å². The zero-order chi connectivity index (χ0) is 17.8. The first-order chi connectivity index (χ1) is 12.0. The molecule has 3 aromatic rings. The third-order valence-electron chi connectivity index (χ3n) is 3.41. The molecule has 4 nitrogen and oxygen atoms in total. The van der Waals surface area contributed by atoms with Crippen LogP contribution in [0, 0.1) is 17.5 Å². The van der Waals surface area contributed by atoms with Gasteiger partial charge in [-0.05, 0) is 30.3 Å². The van der Waals surface area contributed by atoms with E-state index in [9.17, 15) is 18.0 Å². The van der Waals surface area contributed by atoms with Crippen LogP contribution < -0.4 is 0 Å². The van der Waals surface area contributed by atoms with Crippen molar-refractivity contribution in [2.45, 2.75) is 13.0 Å². The van der Waals surface area contributed by atoms with E-state index >= 15 is 0 Å². The first kappa shape index (κ1) is 16.8. The molecule has 0 atom stereocenters. The molecule has 0 aliphatic carbocycles. The Morgan fingerprint density at radius 1 is 1.08 bits per heavy atom. The molecule has 1 aromatic heterocycles. The molecule has 0 aliphatic heterocycles. The van der Waals surface area contributed by atoms with Gasteiger partial charge in [-0.15, -0.1) is 0 Å². The molecule has 0 radical (unpaired) electrons. The lowest BCUT2D eigenvalue weighted by Crippen LogP contribution is -2.10. The molecule has 128 valence electrons. The molecule has 0 N–H and O–H groups in total. The quantitative estimate of drug-likeness (QED) is 0.654. The fraction of sp³-hybridized carbons (Fsp3) is 0.111. The zero-order valence-electron chi connectivity index (χ0n) is 12.8. The van der Waals surface area contributed by atoms with Crippen LogP contribution in [0.15, 0.2) is 53.1 Å². The minimum atomic E-state index is -1.07. The van der Waals surface area contributed by atoms with Gasteiger partial charge in [0.1, 0.15) is 5.82 Å². The van der Waals surface area contributed by atoms with Crippen molar-refractivity contribution in [3.8, 4) is 11.3 Å². The molecular formula is C18H12F3NO3. The van der Waals surface area contributed by atoms with Crippen molar-refractivity contribution in [1.29, 1.82) is 0 Å². The van der Waals surface area contributed by atoms with E-state index in [0.29, 0.717) is 11.3 Å². The summed E-state index contributed by atoms with van der Waals surface area (Å²) in [6.07, 6.45) is 1.01. The van der Waals surface area contributed by atoms with Gasteiger partial charge in [-0.25, -0.2) is 18.2 Å². The Morgan fingerprint density at radius 2 is 1.84 bits per heavy atom. The van der Waals surface area contributed by atoms with Crippen molar-refractivity contribution < 1.29 is 27.1 Å². The van der Waals surface area contributed by atoms with E-state index in [0.717, 1.165) is 6.07 Å². The number of aromatic nitrogens is 1. The first-order valence-corrected chi connectivity index (χ1v) is 7.32. The van der Waals surface area contributed by atoms with Gasteiger partial charge in [-0.1, -0.05) is 12.1 Å². The molecule has 0 bridgehead atoms. The molecule has 0 spiro atoms. The van der Waals surface area contributed by atoms with Crippen molar-refractivity contribution in [2.75, 3.05) is 0 Å². The average Bonchev–Trinajstić information content (AvgIpc) is 3.07. The first-order valence-electron chi connectivity index (χ1n) is 7.32. The summed E-state index contributed by atoms with van der Waals surface area (Å²) in [6, 6.07) is 9.20. The third kappa shape index (κ3) is 4.06. The van der Waals surface area contributed by atoms with Crippen molar-refractivity contribution in [3.05, 3.63) is 77.6 Å². The smallest absolute Gasteiger partial charge is 0.310 e. The number of benzene rings is 2. The van der Waals surface area contributed by atoms with E-state index in [1.165, 1.54) is 42.6 Å². The Balaban J connectivity index is 1.59. The van der Waals surface area contributed by atoms with Gasteiger partial charge in [-0.2, -0.15) is 0 Å². The number of carbonyl (C=O) groups excluding carboxylic acids is 1. The second-order valence-electron chi connectivity index (χ2n) is 5.18. The average molecular weight is 347 g/mol. The maximum Gasteiger partial charge on any atom is 0.310 e. The number of nitrogens with zero attached hydrogens (tertiary/aromatic N) is 1. The lowest BCUT2D eigenvalue weighted by Gasteiger charge is -2.04. The van der Waals surface area contributed by atoms with Crippen LogP contribution in [0.5, 0.6) is 0 Å². The second kappa shape index (κ2) is 7.21. The van der Waals surface area contributed by atoms with Gasteiger partial charge >= 0.3 is 5.97 Å². The lowest BCUT2D eigenvalue weighted by molar-refractivity contribution is -0.144.